The molecule has 0 saturated heterocycles. The summed E-state index contributed by atoms with van der Waals surface area (Å²) in [7, 11) is -1.53. The molecule has 1 aromatic rings. The first kappa shape index (κ1) is 12.5. The van der Waals surface area contributed by atoms with Crippen molar-refractivity contribution in [2.24, 2.45) is 0 Å². The van der Waals surface area contributed by atoms with Gasteiger partial charge in [0, 0.05) is 0 Å². The largest absolute Gasteiger partial charge is 0.111 e. The molecule has 0 aliphatic rings. The topological polar surface area (TPSA) is 0 Å². The Bertz CT molecular complexity index is 333. The first-order valence-corrected chi connectivity index (χ1v) is 11.1. The maximum atomic E-state index is 2.55. The third-order valence-corrected chi connectivity index (χ3v) is 6.56. The molecule has 0 amide bonds. The number of benzene rings is 1. The van der Waals surface area contributed by atoms with E-state index in [0.717, 1.165) is 0 Å². The first-order chi connectivity index (χ1) is 6.90. The van der Waals surface area contributed by atoms with E-state index in [4.69, 9.17) is 0 Å². The average molecular weight is 233 g/mol. The molecule has 0 unspecified atom stereocenters. The Kier molecular flexibility index (Phi) is 4.11. The molecular weight excluding hydrogens is 212 g/mol. The van der Waals surface area contributed by atoms with Crippen LogP contribution in [-0.4, -0.2) is 16.9 Å². The Balaban J connectivity index is 2.87. The van der Waals surface area contributed by atoms with E-state index in [-0.39, 0.29) is 0 Å². The van der Waals surface area contributed by atoms with Gasteiger partial charge in [-0.3, -0.25) is 0 Å². The van der Waals surface area contributed by atoms with Gasteiger partial charge >= 0.3 is 0 Å². The molecule has 0 N–H and O–H groups in total. The zero-order valence-electron chi connectivity index (χ0n) is 10.5. The molecule has 81 valence electrons. The van der Waals surface area contributed by atoms with Gasteiger partial charge in [-0.25, -0.2) is 0 Å². The van der Waals surface area contributed by atoms with Crippen LogP contribution in [0, 0.1) is 0 Å². The minimum atomic E-state index is -1.05. The monoisotopic (exact) mass is 233 g/mol. The van der Waals surface area contributed by atoms with Crippen molar-refractivity contribution in [3.63, 3.8) is 0 Å². The molecule has 0 heterocycles. The maximum absolute atomic E-state index is 2.55. The summed E-state index contributed by atoms with van der Waals surface area (Å²) in [6.07, 6.45) is 0. The lowest BCUT2D eigenvalue weighted by molar-refractivity contribution is 1.59. The Morgan fingerprint density at radius 1 is 1.13 bits per heavy atom. The van der Waals surface area contributed by atoms with Crippen LogP contribution < -0.4 is 5.19 Å². The van der Waals surface area contributed by atoms with Gasteiger partial charge in [0.25, 0.3) is 0 Å². The van der Waals surface area contributed by atoms with Gasteiger partial charge in [0.2, 0.25) is 0 Å². The van der Waals surface area contributed by atoms with Gasteiger partial charge in [0.15, 0.2) is 0 Å². The van der Waals surface area contributed by atoms with Crippen molar-refractivity contribution in [1.82, 2.24) is 0 Å². The molecule has 0 spiro atoms. The van der Waals surface area contributed by atoms with Crippen LogP contribution in [0.5, 0.6) is 0 Å². The van der Waals surface area contributed by atoms with E-state index in [1.165, 1.54) is 5.19 Å². The van der Waals surface area contributed by atoms with Crippen LogP contribution in [0.15, 0.2) is 41.2 Å². The standard InChI is InChI=1S/C13H21Si2/c1-12(11-15(3,4)5)14(2)13-9-7-6-8-10-13/h6-11H,1-5H3/b12-11+. The minimum Gasteiger partial charge on any atom is -0.0996 e. The Hall–Kier alpha value is -0.606. The summed E-state index contributed by atoms with van der Waals surface area (Å²) in [5.41, 5.74) is 2.55. The van der Waals surface area contributed by atoms with Crippen LogP contribution >= 0.6 is 0 Å². The molecule has 1 radical (unpaired) electrons. The molecule has 0 saturated carbocycles. The molecule has 0 aliphatic heterocycles. The Morgan fingerprint density at radius 2 is 1.67 bits per heavy atom. The predicted molar refractivity (Wildman–Crippen MR) is 74.8 cm³/mol. The molecular formula is C13H21Si2. The van der Waals surface area contributed by atoms with Crippen molar-refractivity contribution in [3.8, 4) is 0 Å². The van der Waals surface area contributed by atoms with E-state index in [1.54, 1.807) is 5.20 Å². The van der Waals surface area contributed by atoms with Crippen LogP contribution in [0.2, 0.25) is 26.2 Å². The third-order valence-electron chi connectivity index (χ3n) is 2.45. The van der Waals surface area contributed by atoms with Gasteiger partial charge < -0.3 is 0 Å². The number of hydrogen-bond acceptors (Lipinski definition) is 0. The first-order valence-electron chi connectivity index (χ1n) is 5.49. The van der Waals surface area contributed by atoms with Crippen molar-refractivity contribution < 1.29 is 0 Å². The number of allylic oxidation sites excluding steroid dienone is 1. The highest BCUT2D eigenvalue weighted by Crippen LogP contribution is 2.09. The second kappa shape index (κ2) is 4.95. The van der Waals surface area contributed by atoms with E-state index in [9.17, 15) is 0 Å². The molecule has 0 aliphatic carbocycles. The second-order valence-corrected chi connectivity index (χ2v) is 12.8. The van der Waals surface area contributed by atoms with Crippen molar-refractivity contribution in [3.05, 3.63) is 41.2 Å². The highest BCUT2D eigenvalue weighted by molar-refractivity contribution is 6.85. The van der Waals surface area contributed by atoms with Crippen LogP contribution in [0.4, 0.5) is 0 Å². The van der Waals surface area contributed by atoms with Gasteiger partial charge in [0.05, 0.1) is 8.07 Å². The Morgan fingerprint density at radius 3 is 2.13 bits per heavy atom. The average Bonchev–Trinajstić information content (AvgIpc) is 2.15. The van der Waals surface area contributed by atoms with Crippen molar-refractivity contribution in [2.75, 3.05) is 0 Å². The molecule has 0 bridgehead atoms. The summed E-state index contributed by atoms with van der Waals surface area (Å²) in [5.74, 6) is 0. The normalized spacial score (nSPS) is 13.3. The van der Waals surface area contributed by atoms with E-state index >= 15 is 0 Å². The second-order valence-electron chi connectivity index (χ2n) is 5.18. The summed E-state index contributed by atoms with van der Waals surface area (Å²) < 4.78 is 0. The molecule has 15 heavy (non-hydrogen) atoms. The summed E-state index contributed by atoms with van der Waals surface area (Å²) in [6.45, 7) is 11.9. The summed E-state index contributed by atoms with van der Waals surface area (Å²) >= 11 is 0. The molecule has 1 aromatic carbocycles. The van der Waals surface area contributed by atoms with Crippen LogP contribution in [0.25, 0.3) is 0 Å². The van der Waals surface area contributed by atoms with Crippen molar-refractivity contribution >= 4 is 22.1 Å². The van der Waals surface area contributed by atoms with Gasteiger partial charge in [-0.2, -0.15) is 0 Å². The van der Waals surface area contributed by atoms with Gasteiger partial charge in [-0.1, -0.05) is 72.6 Å². The number of rotatable bonds is 3. The zero-order chi connectivity index (χ0) is 11.5. The van der Waals surface area contributed by atoms with Gasteiger partial charge in [0.1, 0.15) is 8.80 Å². The molecule has 1 rings (SSSR count). The molecule has 2 heteroatoms. The van der Waals surface area contributed by atoms with Gasteiger partial charge in [-0.15, -0.1) is 0 Å². The fraction of sp³-hybridized carbons (Fsp3) is 0.385. The number of hydrogen-bond donors (Lipinski definition) is 0. The molecule has 0 nitrogen and oxygen atoms in total. The lowest BCUT2D eigenvalue weighted by Gasteiger charge is -2.16. The van der Waals surface area contributed by atoms with Crippen molar-refractivity contribution in [2.45, 2.75) is 33.1 Å². The predicted octanol–water partition coefficient (Wildman–Crippen LogP) is 3.38. The third kappa shape index (κ3) is 4.18. The highest BCUT2D eigenvalue weighted by atomic mass is 28.3. The maximum Gasteiger partial charge on any atom is 0.111 e. The van der Waals surface area contributed by atoms with Crippen LogP contribution in [-0.2, 0) is 0 Å². The summed E-state index contributed by atoms with van der Waals surface area (Å²) in [6, 6.07) is 10.9. The lowest BCUT2D eigenvalue weighted by atomic mass is 10.4. The molecule has 0 aromatic heterocycles. The highest BCUT2D eigenvalue weighted by Gasteiger charge is 2.14. The smallest absolute Gasteiger partial charge is 0.0996 e. The van der Waals surface area contributed by atoms with Crippen LogP contribution in [0.1, 0.15) is 6.92 Å². The molecule has 0 atom stereocenters. The van der Waals surface area contributed by atoms with E-state index < -0.39 is 16.9 Å². The van der Waals surface area contributed by atoms with Crippen molar-refractivity contribution in [1.29, 1.82) is 0 Å². The fourth-order valence-corrected chi connectivity index (χ4v) is 6.29. The summed E-state index contributed by atoms with van der Waals surface area (Å²) in [4.78, 5) is 0. The molecule has 0 fully saturated rings. The van der Waals surface area contributed by atoms with E-state index in [0.29, 0.717) is 0 Å². The fourth-order valence-electron chi connectivity index (χ4n) is 1.67. The Labute approximate surface area is 96.7 Å². The quantitative estimate of drug-likeness (QED) is 0.702. The van der Waals surface area contributed by atoms with Crippen LogP contribution in [0.3, 0.4) is 0 Å². The zero-order valence-corrected chi connectivity index (χ0v) is 12.5. The SMILES string of the molecule is C/C(=C\[Si](C)(C)C)[Si](C)c1ccccc1. The lowest BCUT2D eigenvalue weighted by Crippen LogP contribution is -2.30. The van der Waals surface area contributed by atoms with E-state index in [1.807, 2.05) is 0 Å². The summed E-state index contributed by atoms with van der Waals surface area (Å²) in [5, 5.41) is 3.14. The van der Waals surface area contributed by atoms with Gasteiger partial charge in [-0.05, 0) is 6.92 Å². The van der Waals surface area contributed by atoms with E-state index in [2.05, 4.69) is 69.1 Å². The minimum absolute atomic E-state index is 0.482.